The highest BCUT2D eigenvalue weighted by Gasteiger charge is 2.43. The zero-order valence-corrected chi connectivity index (χ0v) is 16.5. The van der Waals surface area contributed by atoms with Crippen molar-refractivity contribution < 1.29 is 10.2 Å². The van der Waals surface area contributed by atoms with Crippen LogP contribution in [0.2, 0.25) is 0 Å². The van der Waals surface area contributed by atoms with E-state index in [4.69, 9.17) is 0 Å². The monoisotopic (exact) mass is 350 g/mol. The van der Waals surface area contributed by atoms with E-state index < -0.39 is 0 Å². The summed E-state index contributed by atoms with van der Waals surface area (Å²) in [6.07, 6.45) is 2.62. The lowest BCUT2D eigenvalue weighted by Crippen LogP contribution is -2.45. The van der Waals surface area contributed by atoms with Crippen LogP contribution in [-0.2, 0) is 17.4 Å². The molecule has 0 saturated heterocycles. The molecular formula is C24H30O2. The third-order valence-corrected chi connectivity index (χ3v) is 5.98. The maximum atomic E-state index is 10.7. The van der Waals surface area contributed by atoms with Crippen LogP contribution in [0.15, 0.2) is 42.5 Å². The number of hydrogen-bond acceptors (Lipinski definition) is 2. The van der Waals surface area contributed by atoms with Crippen molar-refractivity contribution in [2.75, 3.05) is 0 Å². The number of allylic oxidation sites excluding steroid dienone is 1. The summed E-state index contributed by atoms with van der Waals surface area (Å²) in [6.45, 7) is 10.9. The van der Waals surface area contributed by atoms with Crippen LogP contribution in [-0.4, -0.2) is 16.3 Å². The molecule has 2 aromatic carbocycles. The maximum absolute atomic E-state index is 10.7. The van der Waals surface area contributed by atoms with Gasteiger partial charge in [0.1, 0.15) is 0 Å². The highest BCUT2D eigenvalue weighted by molar-refractivity contribution is 5.80. The van der Waals surface area contributed by atoms with E-state index in [0.29, 0.717) is 0 Å². The molecule has 0 radical (unpaired) electrons. The molecule has 2 nitrogen and oxygen atoms in total. The third kappa shape index (κ3) is 3.36. The first-order valence-electron chi connectivity index (χ1n) is 9.37. The van der Waals surface area contributed by atoms with E-state index in [-0.39, 0.29) is 23.5 Å². The fourth-order valence-corrected chi connectivity index (χ4v) is 3.99. The number of fused-ring (bicyclic) bond motifs is 1. The lowest BCUT2D eigenvalue weighted by atomic mass is 9.61. The maximum Gasteiger partial charge on any atom is 0.0681 e. The highest BCUT2D eigenvalue weighted by atomic mass is 16.3. The van der Waals surface area contributed by atoms with Crippen LogP contribution in [0.5, 0.6) is 0 Å². The minimum absolute atomic E-state index is 0.0133. The van der Waals surface area contributed by atoms with Gasteiger partial charge in [-0.25, -0.2) is 0 Å². The summed E-state index contributed by atoms with van der Waals surface area (Å²) in [5.74, 6) is 0. The molecular weight excluding hydrogens is 320 g/mol. The van der Waals surface area contributed by atoms with E-state index in [2.05, 4.69) is 58.9 Å². The van der Waals surface area contributed by atoms with Crippen molar-refractivity contribution in [2.45, 2.75) is 64.6 Å². The fraction of sp³-hybridized carbons (Fsp3) is 0.417. The van der Waals surface area contributed by atoms with Gasteiger partial charge in [-0.3, -0.25) is 0 Å². The van der Waals surface area contributed by atoms with E-state index in [1.165, 1.54) is 22.3 Å². The zero-order chi connectivity index (χ0) is 19.1. The Labute approximate surface area is 157 Å². The van der Waals surface area contributed by atoms with Crippen LogP contribution in [0.25, 0.3) is 11.6 Å². The van der Waals surface area contributed by atoms with Crippen molar-refractivity contribution in [3.8, 4) is 0 Å². The van der Waals surface area contributed by atoms with Gasteiger partial charge in [-0.05, 0) is 52.1 Å². The highest BCUT2D eigenvalue weighted by Crippen LogP contribution is 2.46. The van der Waals surface area contributed by atoms with Crippen LogP contribution < -0.4 is 0 Å². The van der Waals surface area contributed by atoms with Gasteiger partial charge >= 0.3 is 0 Å². The Balaban J connectivity index is 2.02. The van der Waals surface area contributed by atoms with E-state index >= 15 is 0 Å². The van der Waals surface area contributed by atoms with Crippen LogP contribution in [0.3, 0.4) is 0 Å². The average molecular weight is 351 g/mol. The van der Waals surface area contributed by atoms with E-state index in [0.717, 1.165) is 17.5 Å². The molecule has 3 rings (SSSR count). The van der Waals surface area contributed by atoms with Crippen LogP contribution in [0.1, 0.15) is 68.9 Å². The first-order chi connectivity index (χ1) is 12.1. The van der Waals surface area contributed by atoms with Gasteiger partial charge in [-0.2, -0.15) is 0 Å². The molecule has 1 atom stereocenters. The molecule has 1 aliphatic rings. The van der Waals surface area contributed by atoms with Gasteiger partial charge in [0.2, 0.25) is 0 Å². The summed E-state index contributed by atoms with van der Waals surface area (Å²) < 4.78 is 0. The average Bonchev–Trinajstić information content (AvgIpc) is 2.60. The van der Waals surface area contributed by atoms with Crippen molar-refractivity contribution >= 4 is 11.6 Å². The predicted molar refractivity (Wildman–Crippen MR) is 109 cm³/mol. The minimum Gasteiger partial charge on any atom is -0.392 e. The quantitative estimate of drug-likeness (QED) is 0.760. The van der Waals surface area contributed by atoms with Crippen molar-refractivity contribution in [2.24, 2.45) is 0 Å². The molecule has 0 fully saturated rings. The Hall–Kier alpha value is -1.90. The first-order valence-corrected chi connectivity index (χ1v) is 9.37. The molecule has 0 spiro atoms. The normalized spacial score (nSPS) is 21.3. The second kappa shape index (κ2) is 6.68. The lowest BCUT2D eigenvalue weighted by Gasteiger charge is -2.45. The number of benzene rings is 2. The molecule has 0 aromatic heterocycles. The molecule has 0 unspecified atom stereocenters. The lowest BCUT2D eigenvalue weighted by molar-refractivity contribution is 0.0583. The van der Waals surface area contributed by atoms with Gasteiger partial charge in [0.25, 0.3) is 0 Å². The van der Waals surface area contributed by atoms with Gasteiger partial charge in [0, 0.05) is 5.41 Å². The largest absolute Gasteiger partial charge is 0.392 e. The molecule has 138 valence electrons. The standard InChI is InChI=1S/C24H30O2/c1-16(12-17-6-8-18(15-25)9-7-17)19-10-11-20-21(13-19)24(4,5)22(26)14-23(20,2)3/h6-13,22,25-26H,14-15H2,1-5H3/b16-12-/t22-/m0/s1. The molecule has 0 aliphatic heterocycles. The van der Waals surface area contributed by atoms with Crippen molar-refractivity contribution in [3.63, 3.8) is 0 Å². The van der Waals surface area contributed by atoms with Crippen LogP contribution >= 0.6 is 0 Å². The Morgan fingerprint density at radius 1 is 1.04 bits per heavy atom. The molecule has 1 aliphatic carbocycles. The number of hydrogen-bond donors (Lipinski definition) is 2. The zero-order valence-electron chi connectivity index (χ0n) is 16.5. The molecule has 0 bridgehead atoms. The van der Waals surface area contributed by atoms with Gasteiger partial charge < -0.3 is 10.2 Å². The minimum atomic E-state index is -0.337. The van der Waals surface area contributed by atoms with Gasteiger partial charge in [0.15, 0.2) is 0 Å². The Kier molecular flexibility index (Phi) is 4.85. The summed E-state index contributed by atoms with van der Waals surface area (Å²) in [5.41, 5.74) is 6.76. The van der Waals surface area contributed by atoms with Gasteiger partial charge in [0.05, 0.1) is 12.7 Å². The van der Waals surface area contributed by atoms with Gasteiger partial charge in [-0.1, -0.05) is 76.2 Å². The van der Waals surface area contributed by atoms with Crippen molar-refractivity contribution in [1.82, 2.24) is 0 Å². The van der Waals surface area contributed by atoms with E-state index in [9.17, 15) is 10.2 Å². The first kappa shape index (κ1) is 18.9. The summed E-state index contributed by atoms with van der Waals surface area (Å²) in [5, 5.41) is 19.9. The van der Waals surface area contributed by atoms with E-state index in [1.54, 1.807) is 0 Å². The Morgan fingerprint density at radius 3 is 2.31 bits per heavy atom. The van der Waals surface area contributed by atoms with E-state index in [1.807, 2.05) is 24.3 Å². The molecule has 26 heavy (non-hydrogen) atoms. The topological polar surface area (TPSA) is 40.5 Å². The summed E-state index contributed by atoms with van der Waals surface area (Å²) in [4.78, 5) is 0. The molecule has 0 saturated carbocycles. The van der Waals surface area contributed by atoms with Crippen LogP contribution in [0, 0.1) is 0 Å². The number of aliphatic hydroxyl groups excluding tert-OH is 2. The predicted octanol–water partition coefficient (Wildman–Crippen LogP) is 5.06. The smallest absolute Gasteiger partial charge is 0.0681 e. The molecule has 0 amide bonds. The summed E-state index contributed by atoms with van der Waals surface area (Å²) >= 11 is 0. The molecule has 2 aromatic rings. The Bertz CT molecular complexity index is 826. The van der Waals surface area contributed by atoms with Gasteiger partial charge in [-0.15, -0.1) is 0 Å². The third-order valence-electron chi connectivity index (χ3n) is 5.98. The van der Waals surface area contributed by atoms with Crippen molar-refractivity contribution in [3.05, 3.63) is 70.3 Å². The summed E-state index contributed by atoms with van der Waals surface area (Å²) in [6, 6.07) is 14.7. The second-order valence-electron chi connectivity index (χ2n) is 8.81. The molecule has 2 heteroatoms. The Morgan fingerprint density at radius 2 is 1.69 bits per heavy atom. The second-order valence-corrected chi connectivity index (χ2v) is 8.81. The molecule has 0 heterocycles. The SMILES string of the molecule is C/C(=C/c1ccc(CO)cc1)c1ccc2c(c1)C(C)(C)[C@@H](O)CC2(C)C. The number of aliphatic hydroxyl groups is 2. The molecule has 2 N–H and O–H groups in total. The fourth-order valence-electron chi connectivity index (χ4n) is 3.99. The van der Waals surface area contributed by atoms with Crippen LogP contribution in [0.4, 0.5) is 0 Å². The van der Waals surface area contributed by atoms with Crippen molar-refractivity contribution in [1.29, 1.82) is 0 Å². The number of rotatable bonds is 3. The summed E-state index contributed by atoms with van der Waals surface area (Å²) in [7, 11) is 0.